The highest BCUT2D eigenvalue weighted by molar-refractivity contribution is 6.33. The molecule has 0 fully saturated rings. The van der Waals surface area contributed by atoms with E-state index in [9.17, 15) is 4.79 Å². The van der Waals surface area contributed by atoms with E-state index in [0.29, 0.717) is 29.5 Å². The van der Waals surface area contributed by atoms with E-state index in [1.165, 1.54) is 6.39 Å². The summed E-state index contributed by atoms with van der Waals surface area (Å²) in [6.45, 7) is 2.13. The summed E-state index contributed by atoms with van der Waals surface area (Å²) in [5.41, 5.74) is 2.52. The largest absolute Gasteiger partial charge is 0.466 e. The van der Waals surface area contributed by atoms with Gasteiger partial charge in [0.15, 0.2) is 6.39 Å². The Kier molecular flexibility index (Phi) is 5.92. The van der Waals surface area contributed by atoms with Gasteiger partial charge in [0.1, 0.15) is 11.4 Å². The quantitative estimate of drug-likeness (QED) is 0.528. The lowest BCUT2D eigenvalue weighted by molar-refractivity contribution is -0.143. The molecule has 2 aromatic carbocycles. The highest BCUT2D eigenvalue weighted by Crippen LogP contribution is 2.31. The first-order chi connectivity index (χ1) is 12.7. The van der Waals surface area contributed by atoms with E-state index in [1.807, 2.05) is 48.5 Å². The Bertz CT molecular complexity index is 874. The number of hydrogen-bond acceptors (Lipinski definition) is 5. The molecule has 0 radical (unpaired) electrons. The molecule has 0 spiro atoms. The maximum Gasteiger partial charge on any atom is 0.313 e. The van der Waals surface area contributed by atoms with Crippen LogP contribution in [0.25, 0.3) is 11.1 Å². The lowest BCUT2D eigenvalue weighted by Gasteiger charge is -2.07. The number of carbonyl (C=O) groups excluding carboxylic acids is 1. The summed E-state index contributed by atoms with van der Waals surface area (Å²) in [4.78, 5) is 15.6. The van der Waals surface area contributed by atoms with Crippen molar-refractivity contribution in [1.82, 2.24) is 4.98 Å². The Morgan fingerprint density at radius 3 is 2.65 bits per heavy atom. The van der Waals surface area contributed by atoms with Crippen LogP contribution in [-0.4, -0.2) is 17.6 Å². The third kappa shape index (κ3) is 4.43. The Morgan fingerprint density at radius 1 is 1.15 bits per heavy atom. The van der Waals surface area contributed by atoms with Crippen LogP contribution in [0, 0.1) is 0 Å². The minimum absolute atomic E-state index is 0.224. The number of aryl methyl sites for hydroxylation is 1. The van der Waals surface area contributed by atoms with Crippen LogP contribution in [0.2, 0.25) is 5.02 Å². The molecule has 3 aromatic rings. The summed E-state index contributed by atoms with van der Waals surface area (Å²) < 4.78 is 16.0. The Hall–Kier alpha value is -2.79. The zero-order valence-electron chi connectivity index (χ0n) is 14.3. The number of halogens is 1. The highest BCUT2D eigenvalue weighted by atomic mass is 35.5. The Labute approximate surface area is 156 Å². The van der Waals surface area contributed by atoms with E-state index in [-0.39, 0.29) is 18.3 Å². The van der Waals surface area contributed by atoms with Gasteiger partial charge in [0.25, 0.3) is 0 Å². The minimum atomic E-state index is -0.273. The molecule has 6 heteroatoms. The van der Waals surface area contributed by atoms with E-state index >= 15 is 0 Å². The van der Waals surface area contributed by atoms with Gasteiger partial charge in [-0.15, -0.1) is 0 Å². The number of nitrogens with zero attached hydrogens (tertiary/aromatic N) is 1. The van der Waals surface area contributed by atoms with Crippen molar-refractivity contribution in [3.8, 4) is 22.8 Å². The summed E-state index contributed by atoms with van der Waals surface area (Å²) >= 11 is 6.22. The zero-order valence-corrected chi connectivity index (χ0v) is 15.0. The van der Waals surface area contributed by atoms with Crippen LogP contribution in [0.1, 0.15) is 19.0 Å². The predicted octanol–water partition coefficient (Wildman–Crippen LogP) is 5.28. The highest BCUT2D eigenvalue weighted by Gasteiger charge is 2.13. The number of hydrogen-bond donors (Lipinski definition) is 0. The standard InChI is InChI=1S/C20H18ClNO4/c1-2-24-19(23)12-11-18-20(25-13-22-18)26-15-9-7-14(8-10-15)16-5-3-4-6-17(16)21/h3-10,13H,2,11-12H2,1H3. The molecule has 1 aromatic heterocycles. The van der Waals surface area contributed by atoms with Gasteiger partial charge >= 0.3 is 11.9 Å². The van der Waals surface area contributed by atoms with Gasteiger partial charge in [-0.3, -0.25) is 4.79 Å². The van der Waals surface area contributed by atoms with E-state index in [1.54, 1.807) is 6.92 Å². The van der Waals surface area contributed by atoms with Gasteiger partial charge in [0.2, 0.25) is 0 Å². The fraction of sp³-hybridized carbons (Fsp3) is 0.200. The van der Waals surface area contributed by atoms with Crippen LogP contribution in [0.15, 0.2) is 59.3 Å². The molecule has 0 bridgehead atoms. The maximum atomic E-state index is 11.5. The molecule has 0 saturated heterocycles. The molecule has 0 aliphatic rings. The molecule has 0 saturated carbocycles. The lowest BCUT2D eigenvalue weighted by Crippen LogP contribution is -2.05. The number of aromatic nitrogens is 1. The number of oxazole rings is 1. The van der Waals surface area contributed by atoms with Crippen molar-refractivity contribution in [1.29, 1.82) is 0 Å². The van der Waals surface area contributed by atoms with Gasteiger partial charge in [0.05, 0.1) is 13.0 Å². The molecule has 0 aliphatic heterocycles. The average molecular weight is 372 g/mol. The second kappa shape index (κ2) is 8.54. The molecule has 26 heavy (non-hydrogen) atoms. The second-order valence-corrected chi connectivity index (χ2v) is 5.91. The Balaban J connectivity index is 1.68. The van der Waals surface area contributed by atoms with Gasteiger partial charge in [-0.05, 0) is 30.7 Å². The fourth-order valence-electron chi connectivity index (χ4n) is 2.47. The fourth-order valence-corrected chi connectivity index (χ4v) is 2.71. The van der Waals surface area contributed by atoms with E-state index in [4.69, 9.17) is 25.5 Å². The van der Waals surface area contributed by atoms with Gasteiger partial charge in [0, 0.05) is 17.0 Å². The monoisotopic (exact) mass is 371 g/mol. The molecule has 0 amide bonds. The van der Waals surface area contributed by atoms with Crippen molar-refractivity contribution in [3.63, 3.8) is 0 Å². The van der Waals surface area contributed by atoms with E-state index < -0.39 is 0 Å². The van der Waals surface area contributed by atoms with Crippen LogP contribution < -0.4 is 4.74 Å². The van der Waals surface area contributed by atoms with E-state index in [2.05, 4.69) is 4.98 Å². The van der Waals surface area contributed by atoms with Crippen molar-refractivity contribution in [2.45, 2.75) is 19.8 Å². The average Bonchev–Trinajstić information content (AvgIpc) is 3.08. The van der Waals surface area contributed by atoms with E-state index in [0.717, 1.165) is 11.1 Å². The van der Waals surface area contributed by atoms with Gasteiger partial charge in [-0.2, -0.15) is 0 Å². The molecule has 0 N–H and O–H groups in total. The lowest BCUT2D eigenvalue weighted by atomic mass is 10.1. The summed E-state index contributed by atoms with van der Waals surface area (Å²) in [6.07, 6.45) is 1.92. The van der Waals surface area contributed by atoms with Crippen molar-refractivity contribution in [2.24, 2.45) is 0 Å². The SMILES string of the molecule is CCOC(=O)CCc1ncoc1Oc1ccc(-c2ccccc2Cl)cc1. The number of benzene rings is 2. The second-order valence-electron chi connectivity index (χ2n) is 5.50. The number of esters is 1. The van der Waals surface area contributed by atoms with Crippen molar-refractivity contribution in [2.75, 3.05) is 6.61 Å². The van der Waals surface area contributed by atoms with Crippen LogP contribution in [0.4, 0.5) is 0 Å². The van der Waals surface area contributed by atoms with Crippen LogP contribution >= 0.6 is 11.6 Å². The first-order valence-corrected chi connectivity index (χ1v) is 8.66. The van der Waals surface area contributed by atoms with Gasteiger partial charge < -0.3 is 13.9 Å². The molecular weight excluding hydrogens is 354 g/mol. The smallest absolute Gasteiger partial charge is 0.313 e. The summed E-state index contributed by atoms with van der Waals surface area (Å²) in [6, 6.07) is 15.2. The van der Waals surface area contributed by atoms with Crippen molar-refractivity contribution < 1.29 is 18.7 Å². The van der Waals surface area contributed by atoms with Crippen molar-refractivity contribution in [3.05, 3.63) is 65.6 Å². The molecule has 1 heterocycles. The topological polar surface area (TPSA) is 61.6 Å². The first-order valence-electron chi connectivity index (χ1n) is 8.28. The number of rotatable bonds is 7. The molecule has 5 nitrogen and oxygen atoms in total. The van der Waals surface area contributed by atoms with Crippen LogP contribution in [-0.2, 0) is 16.0 Å². The van der Waals surface area contributed by atoms with Crippen molar-refractivity contribution >= 4 is 17.6 Å². The normalized spacial score (nSPS) is 10.5. The minimum Gasteiger partial charge on any atom is -0.466 e. The molecule has 134 valence electrons. The van der Waals surface area contributed by atoms with Gasteiger partial charge in [-0.25, -0.2) is 4.98 Å². The molecule has 0 aliphatic carbocycles. The predicted molar refractivity (Wildman–Crippen MR) is 98.4 cm³/mol. The van der Waals surface area contributed by atoms with Gasteiger partial charge in [-0.1, -0.05) is 41.9 Å². The maximum absolute atomic E-state index is 11.5. The molecular formula is C20H18ClNO4. The number of ether oxygens (including phenoxy) is 2. The van der Waals surface area contributed by atoms with Crippen LogP contribution in [0.5, 0.6) is 11.7 Å². The molecule has 0 unspecified atom stereocenters. The molecule has 3 rings (SSSR count). The Morgan fingerprint density at radius 2 is 1.92 bits per heavy atom. The first kappa shape index (κ1) is 18.0. The number of carbonyl (C=O) groups is 1. The summed E-state index contributed by atoms with van der Waals surface area (Å²) in [5, 5.41) is 0.692. The third-order valence-corrected chi connectivity index (χ3v) is 4.05. The summed E-state index contributed by atoms with van der Waals surface area (Å²) in [7, 11) is 0. The van der Waals surface area contributed by atoms with Crippen LogP contribution in [0.3, 0.4) is 0 Å². The zero-order chi connectivity index (χ0) is 18.4. The third-order valence-electron chi connectivity index (χ3n) is 3.72. The molecule has 0 atom stereocenters. The summed E-state index contributed by atoms with van der Waals surface area (Å²) in [5.74, 6) is 0.611.